The smallest absolute Gasteiger partial charge is 0.231 e. The van der Waals surface area contributed by atoms with Gasteiger partial charge in [-0.2, -0.15) is 0 Å². The largest absolute Gasteiger partial charge is 0.454 e. The van der Waals surface area contributed by atoms with Crippen molar-refractivity contribution in [3.8, 4) is 11.5 Å². The van der Waals surface area contributed by atoms with Gasteiger partial charge in [0.2, 0.25) is 6.79 Å². The molecule has 0 spiro atoms. The minimum atomic E-state index is -0.239. The zero-order valence-electron chi connectivity index (χ0n) is 17.4. The number of carbonyl (C=O) groups is 1. The summed E-state index contributed by atoms with van der Waals surface area (Å²) in [4.78, 5) is 16.9. The van der Waals surface area contributed by atoms with Gasteiger partial charge < -0.3 is 14.5 Å². The van der Waals surface area contributed by atoms with Crippen molar-refractivity contribution < 1.29 is 14.3 Å². The predicted octanol–water partition coefficient (Wildman–Crippen LogP) is 4.96. The third-order valence-corrected chi connectivity index (χ3v) is 6.83. The quantitative estimate of drug-likeness (QED) is 0.595. The minimum absolute atomic E-state index is 0.107. The van der Waals surface area contributed by atoms with Crippen LogP contribution in [0.5, 0.6) is 11.5 Å². The average molecular weight is 415 g/mol. The monoisotopic (exact) mass is 414 g/mol. The van der Waals surface area contributed by atoms with Gasteiger partial charge in [-0.3, -0.25) is 10.1 Å². The van der Waals surface area contributed by atoms with Crippen molar-refractivity contribution in [3.63, 3.8) is 0 Å². The van der Waals surface area contributed by atoms with Crippen molar-refractivity contribution in [1.29, 1.82) is 0 Å². The molecule has 3 aromatic rings. The average Bonchev–Trinajstić information content (AvgIpc) is 3.43. The van der Waals surface area contributed by atoms with Crippen LogP contribution in [0.3, 0.4) is 0 Å². The number of fused-ring (bicyclic) bond motifs is 4. The van der Waals surface area contributed by atoms with E-state index in [1.807, 2.05) is 24.3 Å². The number of hydrogen-bond acceptors (Lipinski definition) is 4. The second-order valence-electron chi connectivity index (χ2n) is 8.80. The van der Waals surface area contributed by atoms with Crippen molar-refractivity contribution in [1.82, 2.24) is 10.3 Å². The summed E-state index contributed by atoms with van der Waals surface area (Å²) in [5.74, 6) is 1.72. The molecular weight excluding hydrogens is 388 g/mol. The summed E-state index contributed by atoms with van der Waals surface area (Å²) < 4.78 is 11.1. The van der Waals surface area contributed by atoms with Crippen molar-refractivity contribution in [2.24, 2.45) is 0 Å². The Bertz CT molecular complexity index is 1180. The van der Waals surface area contributed by atoms with E-state index in [1.54, 1.807) is 0 Å². The lowest BCUT2D eigenvalue weighted by atomic mass is 9.87. The molecule has 2 aliphatic heterocycles. The van der Waals surface area contributed by atoms with E-state index < -0.39 is 0 Å². The molecule has 31 heavy (non-hydrogen) atoms. The molecule has 6 rings (SSSR count). The minimum Gasteiger partial charge on any atom is -0.454 e. The van der Waals surface area contributed by atoms with E-state index in [1.165, 1.54) is 35.8 Å². The molecule has 0 amide bonds. The molecule has 5 nitrogen and oxygen atoms in total. The topological polar surface area (TPSA) is 63.4 Å². The number of ether oxygens (including phenoxy) is 2. The standard InChI is InChI=1S/C26H26N2O3/c29-22(12-16-6-2-1-3-7-16)21-14-19-18-8-4-5-9-20(18)27-26(19)25(28-21)17-10-11-23-24(13-17)31-15-30-23/h4-5,8-13,21,25,27-28H,1-3,6-7,14-15H2. The maximum atomic E-state index is 13.3. The number of aromatic nitrogens is 1. The van der Waals surface area contributed by atoms with Gasteiger partial charge in [0, 0.05) is 16.6 Å². The Morgan fingerprint density at radius 1 is 1.00 bits per heavy atom. The van der Waals surface area contributed by atoms with Gasteiger partial charge in [-0.25, -0.2) is 0 Å². The number of para-hydroxylation sites is 1. The predicted molar refractivity (Wildman–Crippen MR) is 120 cm³/mol. The molecule has 5 heteroatoms. The van der Waals surface area contributed by atoms with Gasteiger partial charge in [0.1, 0.15) is 0 Å². The number of carbonyl (C=O) groups excluding carboxylic acids is 1. The van der Waals surface area contributed by atoms with Crippen LogP contribution in [0.4, 0.5) is 0 Å². The highest BCUT2D eigenvalue weighted by Gasteiger charge is 2.34. The molecular formula is C26H26N2O3. The molecule has 0 saturated heterocycles. The summed E-state index contributed by atoms with van der Waals surface area (Å²) in [7, 11) is 0. The second-order valence-corrected chi connectivity index (χ2v) is 8.80. The molecule has 3 aliphatic rings. The highest BCUT2D eigenvalue weighted by Crippen LogP contribution is 2.39. The Kier molecular flexibility index (Phi) is 4.57. The number of rotatable bonds is 3. The normalized spacial score (nSPS) is 22.4. The first-order valence-corrected chi connectivity index (χ1v) is 11.2. The lowest BCUT2D eigenvalue weighted by molar-refractivity contribution is -0.116. The van der Waals surface area contributed by atoms with Crippen molar-refractivity contribution >= 4 is 16.7 Å². The van der Waals surface area contributed by atoms with Crippen LogP contribution in [0.15, 0.2) is 54.1 Å². The molecule has 1 aromatic heterocycles. The van der Waals surface area contributed by atoms with E-state index >= 15 is 0 Å². The Balaban J connectivity index is 1.41. The van der Waals surface area contributed by atoms with Crippen molar-refractivity contribution in [3.05, 3.63) is 70.9 Å². The number of aromatic amines is 1. The van der Waals surface area contributed by atoms with E-state index in [2.05, 4.69) is 34.6 Å². The second kappa shape index (κ2) is 7.57. The fraction of sp³-hybridized carbons (Fsp3) is 0.346. The van der Waals surface area contributed by atoms with Crippen molar-refractivity contribution in [2.75, 3.05) is 6.79 Å². The number of hydrogen-bond donors (Lipinski definition) is 2. The van der Waals surface area contributed by atoms with Crippen LogP contribution in [0, 0.1) is 0 Å². The van der Waals surface area contributed by atoms with E-state index in [-0.39, 0.29) is 24.7 Å². The van der Waals surface area contributed by atoms with E-state index in [0.29, 0.717) is 6.42 Å². The van der Waals surface area contributed by atoms with Crippen LogP contribution in [-0.4, -0.2) is 23.6 Å². The Hall–Kier alpha value is -3.05. The first-order valence-electron chi connectivity index (χ1n) is 11.2. The van der Waals surface area contributed by atoms with E-state index in [0.717, 1.165) is 41.1 Å². The lowest BCUT2D eigenvalue weighted by Gasteiger charge is -2.31. The van der Waals surface area contributed by atoms with Gasteiger partial charge in [-0.15, -0.1) is 0 Å². The molecule has 0 bridgehead atoms. The van der Waals surface area contributed by atoms with Gasteiger partial charge in [0.05, 0.1) is 12.1 Å². The zero-order valence-corrected chi connectivity index (χ0v) is 17.4. The van der Waals surface area contributed by atoms with Gasteiger partial charge in [0.15, 0.2) is 17.3 Å². The number of nitrogens with one attached hydrogen (secondary N) is 2. The van der Waals surface area contributed by atoms with Crippen LogP contribution < -0.4 is 14.8 Å². The maximum Gasteiger partial charge on any atom is 0.231 e. The van der Waals surface area contributed by atoms with Crippen LogP contribution in [0.2, 0.25) is 0 Å². The summed E-state index contributed by atoms with van der Waals surface area (Å²) in [6, 6.07) is 14.1. The van der Waals surface area contributed by atoms with E-state index in [4.69, 9.17) is 9.47 Å². The summed E-state index contributed by atoms with van der Waals surface area (Å²) in [6.45, 7) is 0.253. The van der Waals surface area contributed by atoms with Gasteiger partial charge in [-0.1, -0.05) is 36.3 Å². The molecule has 1 aliphatic carbocycles. The van der Waals surface area contributed by atoms with Crippen LogP contribution in [0.1, 0.15) is 55.0 Å². The first kappa shape index (κ1) is 18.7. The number of H-pyrrole nitrogens is 1. The van der Waals surface area contributed by atoms with Crippen LogP contribution >= 0.6 is 0 Å². The summed E-state index contributed by atoms with van der Waals surface area (Å²) in [5, 5.41) is 4.85. The Labute approximate surface area is 181 Å². The Morgan fingerprint density at radius 3 is 2.74 bits per heavy atom. The zero-order chi connectivity index (χ0) is 20.8. The third kappa shape index (κ3) is 3.33. The molecule has 0 radical (unpaired) electrons. The number of allylic oxidation sites excluding steroid dienone is 1. The van der Waals surface area contributed by atoms with Crippen LogP contribution in [-0.2, 0) is 11.2 Å². The highest BCUT2D eigenvalue weighted by molar-refractivity contribution is 5.96. The summed E-state index contributed by atoms with van der Waals surface area (Å²) >= 11 is 0. The summed E-state index contributed by atoms with van der Waals surface area (Å²) in [5.41, 5.74) is 5.85. The molecule has 2 N–H and O–H groups in total. The first-order chi connectivity index (χ1) is 15.3. The molecule has 1 saturated carbocycles. The molecule has 158 valence electrons. The van der Waals surface area contributed by atoms with Gasteiger partial charge in [-0.05, 0) is 67.5 Å². The molecule has 2 aromatic carbocycles. The highest BCUT2D eigenvalue weighted by atomic mass is 16.7. The number of ketones is 1. The van der Waals surface area contributed by atoms with Gasteiger partial charge in [0.25, 0.3) is 0 Å². The molecule has 3 heterocycles. The Morgan fingerprint density at radius 2 is 1.84 bits per heavy atom. The third-order valence-electron chi connectivity index (χ3n) is 6.83. The number of benzene rings is 2. The molecule has 1 fully saturated rings. The molecule has 2 atom stereocenters. The summed E-state index contributed by atoms with van der Waals surface area (Å²) in [6.07, 6.45) is 8.41. The van der Waals surface area contributed by atoms with Gasteiger partial charge >= 0.3 is 0 Å². The van der Waals surface area contributed by atoms with E-state index in [9.17, 15) is 4.79 Å². The molecule has 2 unspecified atom stereocenters. The SMILES string of the molecule is O=C(C=C1CCCCC1)C1Cc2c([nH]c3ccccc23)C(c2ccc3c(c2)OCO3)N1. The fourth-order valence-corrected chi connectivity index (χ4v) is 5.23. The van der Waals surface area contributed by atoms with Crippen molar-refractivity contribution in [2.45, 2.75) is 50.6 Å². The maximum absolute atomic E-state index is 13.3. The van der Waals surface area contributed by atoms with Crippen LogP contribution in [0.25, 0.3) is 10.9 Å². The lowest BCUT2D eigenvalue weighted by Crippen LogP contribution is -2.44. The fourth-order valence-electron chi connectivity index (χ4n) is 5.23.